The lowest BCUT2D eigenvalue weighted by Gasteiger charge is -2.13. The van der Waals surface area contributed by atoms with Crippen LogP contribution in [0.15, 0.2) is 72.8 Å². The number of carbonyl (C=O) groups is 1. The fraction of sp³-hybridized carbons (Fsp3) is 0.240. The number of hydrogen-bond acceptors (Lipinski definition) is 5. The van der Waals surface area contributed by atoms with Gasteiger partial charge < -0.3 is 25.0 Å². The first kappa shape index (κ1) is 23.6. The first-order valence-electron chi connectivity index (χ1n) is 10.3. The molecule has 0 unspecified atom stereocenters. The number of carboxylic acids is 1. The summed E-state index contributed by atoms with van der Waals surface area (Å²) in [6.45, 7) is 1.17. The van der Waals surface area contributed by atoms with E-state index in [1.165, 1.54) is 0 Å². The summed E-state index contributed by atoms with van der Waals surface area (Å²) in [5.41, 5.74) is 2.84. The van der Waals surface area contributed by atoms with E-state index in [4.69, 9.17) is 26.2 Å². The van der Waals surface area contributed by atoms with Crippen LogP contribution in [-0.2, 0) is 17.8 Å². The van der Waals surface area contributed by atoms with Crippen LogP contribution in [0.25, 0.3) is 0 Å². The van der Waals surface area contributed by atoms with E-state index in [0.717, 1.165) is 35.4 Å². The second kappa shape index (κ2) is 12.1. The Morgan fingerprint density at radius 1 is 0.938 bits per heavy atom. The van der Waals surface area contributed by atoms with E-state index >= 15 is 0 Å². The van der Waals surface area contributed by atoms with Crippen LogP contribution in [-0.4, -0.2) is 35.9 Å². The molecule has 3 rings (SSSR count). The zero-order chi connectivity index (χ0) is 22.8. The quantitative estimate of drug-likeness (QED) is 0.354. The van der Waals surface area contributed by atoms with Gasteiger partial charge in [0.15, 0.2) is 6.61 Å². The van der Waals surface area contributed by atoms with Crippen molar-refractivity contribution < 1.29 is 24.5 Å². The van der Waals surface area contributed by atoms with Gasteiger partial charge in [-0.05, 0) is 66.1 Å². The summed E-state index contributed by atoms with van der Waals surface area (Å²) in [4.78, 5) is 10.6. The minimum atomic E-state index is -1.01. The molecule has 0 saturated carbocycles. The molecule has 0 amide bonds. The Morgan fingerprint density at radius 3 is 2.47 bits per heavy atom. The molecule has 3 aromatic carbocycles. The number of carboxylic acid groups (broad SMARTS) is 1. The normalized spacial score (nSPS) is 11.7. The molecule has 0 fully saturated rings. The number of benzene rings is 3. The number of ether oxygens (including phenoxy) is 2. The summed E-state index contributed by atoms with van der Waals surface area (Å²) in [6.07, 6.45) is 0.225. The molecule has 0 bridgehead atoms. The third-order valence-corrected chi connectivity index (χ3v) is 4.99. The highest BCUT2D eigenvalue weighted by Gasteiger charge is 2.07. The van der Waals surface area contributed by atoms with Gasteiger partial charge in [0.25, 0.3) is 0 Å². The van der Waals surface area contributed by atoms with Crippen molar-refractivity contribution >= 4 is 17.6 Å². The number of hydrogen-bond donors (Lipinski definition) is 3. The number of nitrogens with one attached hydrogen (secondary N) is 1. The predicted octanol–water partition coefficient (Wildman–Crippen LogP) is 4.25. The molecule has 1 atom stereocenters. The molecule has 32 heavy (non-hydrogen) atoms. The molecule has 168 valence electrons. The van der Waals surface area contributed by atoms with E-state index in [2.05, 4.69) is 5.32 Å². The average Bonchev–Trinajstić information content (AvgIpc) is 2.80. The van der Waals surface area contributed by atoms with E-state index in [9.17, 15) is 9.90 Å². The predicted molar refractivity (Wildman–Crippen MR) is 123 cm³/mol. The Labute approximate surface area is 192 Å². The smallest absolute Gasteiger partial charge is 0.341 e. The topological polar surface area (TPSA) is 88.0 Å². The van der Waals surface area contributed by atoms with Crippen molar-refractivity contribution in [2.24, 2.45) is 0 Å². The van der Waals surface area contributed by atoms with Gasteiger partial charge in [0.2, 0.25) is 0 Å². The van der Waals surface area contributed by atoms with Crippen LogP contribution >= 0.6 is 11.6 Å². The van der Waals surface area contributed by atoms with E-state index in [1.807, 2.05) is 42.5 Å². The SMILES string of the molecule is O=C(O)COc1cccc(COc2ccc(CCNC[C@@H](O)c3cccc(Cl)c3)cc2)c1. The van der Waals surface area contributed by atoms with Crippen LogP contribution in [0.3, 0.4) is 0 Å². The Morgan fingerprint density at radius 2 is 1.72 bits per heavy atom. The van der Waals surface area contributed by atoms with Gasteiger partial charge in [0.05, 0.1) is 6.10 Å². The summed E-state index contributed by atoms with van der Waals surface area (Å²) in [5.74, 6) is 0.228. The van der Waals surface area contributed by atoms with E-state index < -0.39 is 12.1 Å². The molecule has 3 N–H and O–H groups in total. The molecule has 0 aliphatic rings. The molecule has 0 heterocycles. The highest BCUT2D eigenvalue weighted by molar-refractivity contribution is 6.30. The molecule has 0 spiro atoms. The van der Waals surface area contributed by atoms with Gasteiger partial charge in [-0.3, -0.25) is 0 Å². The molecule has 0 aliphatic carbocycles. The van der Waals surface area contributed by atoms with E-state index in [-0.39, 0.29) is 6.61 Å². The fourth-order valence-corrected chi connectivity index (χ4v) is 3.29. The Hall–Kier alpha value is -3.06. The summed E-state index contributed by atoms with van der Waals surface area (Å²) in [6, 6.07) is 22.3. The lowest BCUT2D eigenvalue weighted by atomic mass is 10.1. The second-order valence-electron chi connectivity index (χ2n) is 7.29. The zero-order valence-electron chi connectivity index (χ0n) is 17.5. The van der Waals surface area contributed by atoms with Gasteiger partial charge in [-0.15, -0.1) is 0 Å². The van der Waals surface area contributed by atoms with Gasteiger partial charge >= 0.3 is 5.97 Å². The number of halogens is 1. The van der Waals surface area contributed by atoms with E-state index in [1.54, 1.807) is 30.3 Å². The van der Waals surface area contributed by atoms with Gasteiger partial charge in [-0.25, -0.2) is 4.79 Å². The monoisotopic (exact) mass is 455 g/mol. The summed E-state index contributed by atoms with van der Waals surface area (Å²) < 4.78 is 11.0. The van der Waals surface area contributed by atoms with Gasteiger partial charge in [-0.1, -0.05) is 48.0 Å². The van der Waals surface area contributed by atoms with Crippen molar-refractivity contribution in [3.8, 4) is 11.5 Å². The molecule has 7 heteroatoms. The van der Waals surface area contributed by atoms with Crippen LogP contribution in [0.2, 0.25) is 5.02 Å². The molecular weight excluding hydrogens is 430 g/mol. The first-order valence-corrected chi connectivity index (χ1v) is 10.7. The number of aliphatic carboxylic acids is 1. The summed E-state index contributed by atoms with van der Waals surface area (Å²) in [5, 5.41) is 22.8. The largest absolute Gasteiger partial charge is 0.489 e. The highest BCUT2D eigenvalue weighted by atomic mass is 35.5. The van der Waals surface area contributed by atoms with Gasteiger partial charge in [0, 0.05) is 11.6 Å². The third-order valence-electron chi connectivity index (χ3n) is 4.75. The van der Waals surface area contributed by atoms with Crippen molar-refractivity contribution in [1.29, 1.82) is 0 Å². The van der Waals surface area contributed by atoms with Crippen LogP contribution in [0.5, 0.6) is 11.5 Å². The summed E-state index contributed by atoms with van der Waals surface area (Å²) >= 11 is 5.96. The molecule has 0 aromatic heterocycles. The number of aliphatic hydroxyl groups excluding tert-OH is 1. The zero-order valence-corrected chi connectivity index (χ0v) is 18.3. The maximum Gasteiger partial charge on any atom is 0.341 e. The molecule has 0 radical (unpaired) electrons. The Kier molecular flexibility index (Phi) is 8.92. The molecule has 3 aromatic rings. The summed E-state index contributed by atoms with van der Waals surface area (Å²) in [7, 11) is 0. The molecule has 6 nitrogen and oxygen atoms in total. The minimum absolute atomic E-state index is 0.354. The van der Waals surface area contributed by atoms with Crippen LogP contribution < -0.4 is 14.8 Å². The molecule has 0 saturated heterocycles. The van der Waals surface area contributed by atoms with E-state index in [0.29, 0.717) is 23.9 Å². The lowest BCUT2D eigenvalue weighted by molar-refractivity contribution is -0.139. The maximum atomic E-state index is 10.6. The lowest BCUT2D eigenvalue weighted by Crippen LogP contribution is -2.23. The molecular formula is C25H26ClNO5. The average molecular weight is 456 g/mol. The van der Waals surface area contributed by atoms with Crippen molar-refractivity contribution in [1.82, 2.24) is 5.32 Å². The van der Waals surface area contributed by atoms with Crippen molar-refractivity contribution in [3.63, 3.8) is 0 Å². The van der Waals surface area contributed by atoms with Crippen LogP contribution in [0.1, 0.15) is 22.8 Å². The highest BCUT2D eigenvalue weighted by Crippen LogP contribution is 2.19. The Balaban J connectivity index is 1.39. The number of aliphatic hydroxyl groups is 1. The van der Waals surface area contributed by atoms with Crippen molar-refractivity contribution in [2.45, 2.75) is 19.1 Å². The first-order chi connectivity index (χ1) is 15.5. The second-order valence-corrected chi connectivity index (χ2v) is 7.72. The Bertz CT molecular complexity index is 1010. The standard InChI is InChI=1S/C25H26ClNO5/c26-21-5-2-4-20(14-21)24(28)15-27-12-11-18-7-9-22(10-8-18)31-16-19-3-1-6-23(13-19)32-17-25(29)30/h1-10,13-14,24,27-28H,11-12,15-17H2,(H,29,30)/t24-/m1/s1. The van der Waals surface area contributed by atoms with Crippen LogP contribution in [0, 0.1) is 0 Å². The van der Waals surface area contributed by atoms with Crippen molar-refractivity contribution in [3.05, 3.63) is 94.5 Å². The maximum absolute atomic E-state index is 10.6. The van der Waals surface area contributed by atoms with Gasteiger partial charge in [-0.2, -0.15) is 0 Å². The van der Waals surface area contributed by atoms with Crippen molar-refractivity contribution in [2.75, 3.05) is 19.7 Å². The third kappa shape index (κ3) is 7.89. The van der Waals surface area contributed by atoms with Crippen LogP contribution in [0.4, 0.5) is 0 Å². The fourth-order valence-electron chi connectivity index (χ4n) is 3.09. The molecule has 0 aliphatic heterocycles. The number of rotatable bonds is 12. The van der Waals surface area contributed by atoms with Gasteiger partial charge in [0.1, 0.15) is 18.1 Å². The minimum Gasteiger partial charge on any atom is -0.489 e.